The summed E-state index contributed by atoms with van der Waals surface area (Å²) in [5, 5.41) is -1.09. The highest BCUT2D eigenvalue weighted by Crippen LogP contribution is 2.07. The molecule has 0 radical (unpaired) electrons. The summed E-state index contributed by atoms with van der Waals surface area (Å²) in [7, 11) is 0. The minimum absolute atomic E-state index is 0.651. The lowest BCUT2D eigenvalue weighted by Crippen LogP contribution is -2.26. The van der Waals surface area contributed by atoms with Gasteiger partial charge in [0.1, 0.15) is 5.60 Å². The Labute approximate surface area is 64.3 Å². The number of ether oxygens (including phenoxy) is 1. The first kappa shape index (κ1) is 9.43. The van der Waals surface area contributed by atoms with E-state index in [1.54, 1.807) is 20.8 Å². The van der Waals surface area contributed by atoms with Crippen LogP contribution in [-0.4, -0.2) is 16.8 Å². The van der Waals surface area contributed by atoms with Gasteiger partial charge in [-0.1, -0.05) is 0 Å². The lowest BCUT2D eigenvalue weighted by atomic mass is 10.2. The Balaban J connectivity index is 3.93. The van der Waals surface area contributed by atoms with Gasteiger partial charge in [0, 0.05) is 0 Å². The maximum absolute atomic E-state index is 10.5. The van der Waals surface area contributed by atoms with Gasteiger partial charge in [0.25, 0.3) is 0 Å². The summed E-state index contributed by atoms with van der Waals surface area (Å²) < 4.78 is 4.58. The highest BCUT2D eigenvalue weighted by Gasteiger charge is 2.20. The van der Waals surface area contributed by atoms with Crippen LogP contribution < -0.4 is 0 Å². The monoisotopic (exact) mass is 164 g/mol. The van der Waals surface area contributed by atoms with Crippen LogP contribution in [0.25, 0.3) is 0 Å². The van der Waals surface area contributed by atoms with Gasteiger partial charge in [-0.3, -0.25) is 4.79 Å². The zero-order valence-corrected chi connectivity index (χ0v) is 6.86. The zero-order chi connectivity index (χ0) is 8.36. The second-order valence-electron chi connectivity index (χ2n) is 2.78. The summed E-state index contributed by atoms with van der Waals surface area (Å²) in [5.41, 5.74) is -0.651. The molecule has 0 aromatic rings. The van der Waals surface area contributed by atoms with Gasteiger partial charge in [0.2, 0.25) is 0 Å². The summed E-state index contributed by atoms with van der Waals surface area (Å²) >= 11 is 4.82. The van der Waals surface area contributed by atoms with Crippen molar-refractivity contribution in [3.05, 3.63) is 0 Å². The van der Waals surface area contributed by atoms with Crippen molar-refractivity contribution in [1.29, 1.82) is 0 Å². The summed E-state index contributed by atoms with van der Waals surface area (Å²) in [4.78, 5) is 20.6. The molecule has 0 unspecified atom stereocenters. The molecule has 0 heterocycles. The third-order valence-electron chi connectivity index (χ3n) is 0.559. The molecule has 0 saturated carbocycles. The predicted octanol–water partition coefficient (Wildman–Crippen LogP) is 1.09. The van der Waals surface area contributed by atoms with Gasteiger partial charge in [-0.2, -0.15) is 0 Å². The third-order valence-corrected chi connectivity index (χ3v) is 0.714. The Kier molecular flexibility index (Phi) is 2.84. The topological polar surface area (TPSA) is 43.4 Å². The molecule has 0 aromatic carbocycles. The predicted molar refractivity (Wildman–Crippen MR) is 36.7 cm³/mol. The minimum atomic E-state index is -1.09. The first-order valence-electron chi connectivity index (χ1n) is 2.76. The van der Waals surface area contributed by atoms with Crippen molar-refractivity contribution < 1.29 is 14.3 Å². The minimum Gasteiger partial charge on any atom is -0.453 e. The van der Waals surface area contributed by atoms with Crippen LogP contribution in [-0.2, 0) is 14.3 Å². The summed E-state index contributed by atoms with van der Waals surface area (Å²) in [5.74, 6) is -1.01. The van der Waals surface area contributed by atoms with E-state index >= 15 is 0 Å². The van der Waals surface area contributed by atoms with Crippen LogP contribution in [0.5, 0.6) is 0 Å². The van der Waals surface area contributed by atoms with E-state index in [0.29, 0.717) is 0 Å². The Bertz CT molecular complexity index is 157. The molecular formula is C6H9ClO3. The molecule has 0 spiro atoms. The maximum Gasteiger partial charge on any atom is 0.391 e. The largest absolute Gasteiger partial charge is 0.453 e. The van der Waals surface area contributed by atoms with Crippen LogP contribution in [0, 0.1) is 0 Å². The third kappa shape index (κ3) is 4.32. The lowest BCUT2D eigenvalue weighted by Gasteiger charge is -2.17. The number of halogens is 1. The Hall–Kier alpha value is -0.570. The number of hydrogen-bond donors (Lipinski definition) is 0. The van der Waals surface area contributed by atoms with Crippen LogP contribution in [0.15, 0.2) is 0 Å². The van der Waals surface area contributed by atoms with Crippen molar-refractivity contribution in [1.82, 2.24) is 0 Å². The van der Waals surface area contributed by atoms with Crippen LogP contribution in [0.4, 0.5) is 0 Å². The number of carbonyl (C=O) groups excluding carboxylic acids is 2. The molecule has 0 aliphatic carbocycles. The van der Waals surface area contributed by atoms with Crippen LogP contribution in [0.1, 0.15) is 20.8 Å². The van der Waals surface area contributed by atoms with E-state index in [2.05, 4.69) is 4.74 Å². The standard InChI is InChI=1S/C6H9ClO3/c1-6(2,3)10-5(9)4(7)8/h1-3H3. The highest BCUT2D eigenvalue weighted by atomic mass is 35.5. The molecule has 0 atom stereocenters. The van der Waals surface area contributed by atoms with Gasteiger partial charge < -0.3 is 4.74 Å². The van der Waals surface area contributed by atoms with E-state index in [1.165, 1.54) is 0 Å². The average molecular weight is 165 g/mol. The van der Waals surface area contributed by atoms with Crippen LogP contribution in [0.3, 0.4) is 0 Å². The first-order valence-corrected chi connectivity index (χ1v) is 3.13. The smallest absolute Gasteiger partial charge is 0.391 e. The van der Waals surface area contributed by atoms with Crippen LogP contribution >= 0.6 is 11.6 Å². The SMILES string of the molecule is CC(C)(C)OC(=O)C(=O)Cl. The Morgan fingerprint density at radius 2 is 1.70 bits per heavy atom. The molecule has 0 aromatic heterocycles. The quantitative estimate of drug-likeness (QED) is 0.331. The van der Waals surface area contributed by atoms with Gasteiger partial charge in [-0.15, -0.1) is 0 Å². The number of carbonyl (C=O) groups is 2. The van der Waals surface area contributed by atoms with Crippen LogP contribution in [0.2, 0.25) is 0 Å². The van der Waals surface area contributed by atoms with Crippen molar-refractivity contribution in [2.75, 3.05) is 0 Å². The number of hydrogen-bond acceptors (Lipinski definition) is 3. The molecular weight excluding hydrogens is 156 g/mol. The normalized spacial score (nSPS) is 10.8. The molecule has 58 valence electrons. The molecule has 0 aliphatic rings. The molecule has 0 N–H and O–H groups in total. The zero-order valence-electron chi connectivity index (χ0n) is 6.10. The van der Waals surface area contributed by atoms with Crippen molar-refractivity contribution in [3.63, 3.8) is 0 Å². The van der Waals surface area contributed by atoms with E-state index in [0.717, 1.165) is 0 Å². The van der Waals surface area contributed by atoms with E-state index < -0.39 is 16.8 Å². The van der Waals surface area contributed by atoms with Crippen molar-refractivity contribution >= 4 is 22.8 Å². The van der Waals surface area contributed by atoms with Gasteiger partial charge in [-0.05, 0) is 32.4 Å². The fourth-order valence-electron chi connectivity index (χ4n) is 0.318. The lowest BCUT2D eigenvalue weighted by molar-refractivity contribution is -0.159. The van der Waals surface area contributed by atoms with Crippen molar-refractivity contribution in [2.24, 2.45) is 0 Å². The second-order valence-corrected chi connectivity index (χ2v) is 3.12. The van der Waals surface area contributed by atoms with E-state index in [4.69, 9.17) is 11.6 Å². The molecule has 0 fully saturated rings. The summed E-state index contributed by atoms with van der Waals surface area (Å²) in [6.45, 7) is 4.97. The van der Waals surface area contributed by atoms with Gasteiger partial charge >= 0.3 is 11.2 Å². The number of esters is 1. The van der Waals surface area contributed by atoms with Crippen molar-refractivity contribution in [3.8, 4) is 0 Å². The molecule has 0 saturated heterocycles. The molecule has 3 nitrogen and oxygen atoms in total. The maximum atomic E-state index is 10.5. The molecule has 0 aliphatic heterocycles. The fraction of sp³-hybridized carbons (Fsp3) is 0.667. The summed E-state index contributed by atoms with van der Waals surface area (Å²) in [6.07, 6.45) is 0. The fourth-order valence-corrected chi connectivity index (χ4v) is 0.357. The summed E-state index contributed by atoms with van der Waals surface area (Å²) in [6, 6.07) is 0. The van der Waals surface area contributed by atoms with Gasteiger partial charge in [-0.25, -0.2) is 4.79 Å². The molecule has 4 heteroatoms. The average Bonchev–Trinajstić information content (AvgIpc) is 1.60. The van der Waals surface area contributed by atoms with Gasteiger partial charge in [0.05, 0.1) is 0 Å². The molecule has 0 bridgehead atoms. The van der Waals surface area contributed by atoms with E-state index in [9.17, 15) is 9.59 Å². The second kappa shape index (κ2) is 3.01. The number of rotatable bonds is 1. The first-order chi connectivity index (χ1) is 4.33. The Morgan fingerprint density at radius 1 is 1.30 bits per heavy atom. The molecule has 10 heavy (non-hydrogen) atoms. The van der Waals surface area contributed by atoms with Crippen molar-refractivity contribution in [2.45, 2.75) is 26.4 Å². The Morgan fingerprint density at radius 3 is 1.80 bits per heavy atom. The highest BCUT2D eigenvalue weighted by molar-refractivity contribution is 6.80. The van der Waals surface area contributed by atoms with Gasteiger partial charge in [0.15, 0.2) is 0 Å². The molecule has 0 amide bonds. The van der Waals surface area contributed by atoms with E-state index in [-0.39, 0.29) is 0 Å². The molecule has 0 rings (SSSR count). The van der Waals surface area contributed by atoms with E-state index in [1.807, 2.05) is 0 Å².